The Labute approximate surface area is 259 Å². The van der Waals surface area contributed by atoms with Crippen LogP contribution in [0.4, 0.5) is 11.4 Å². The summed E-state index contributed by atoms with van der Waals surface area (Å²) in [7, 11) is 3.75. The van der Waals surface area contributed by atoms with Gasteiger partial charge < -0.3 is 25.7 Å². The second-order valence-corrected chi connectivity index (χ2v) is 10.8. The number of imidazole rings is 1. The smallest absolute Gasteiger partial charge is 0.145 e. The Morgan fingerprint density at radius 2 is 2.07 bits per heavy atom. The van der Waals surface area contributed by atoms with E-state index in [4.69, 9.17) is 51.4 Å². The summed E-state index contributed by atoms with van der Waals surface area (Å²) >= 11 is 18.9. The van der Waals surface area contributed by atoms with Gasteiger partial charge in [0.15, 0.2) is 0 Å². The number of nitrogens with zero attached hydrogens (tertiary/aromatic N) is 4. The highest BCUT2D eigenvalue weighted by Gasteiger charge is 2.30. The predicted octanol–water partition coefficient (Wildman–Crippen LogP) is 5.64. The molecule has 220 valence electrons. The highest BCUT2D eigenvalue weighted by Crippen LogP contribution is 2.38. The first-order valence-electron chi connectivity index (χ1n) is 13.1. The van der Waals surface area contributed by atoms with Crippen LogP contribution in [0, 0.1) is 0 Å². The van der Waals surface area contributed by atoms with Gasteiger partial charge in [-0.1, -0.05) is 34.8 Å². The molecular formula is C29H31Cl3N8O2. The van der Waals surface area contributed by atoms with Crippen molar-refractivity contribution in [2.75, 3.05) is 24.4 Å². The van der Waals surface area contributed by atoms with Gasteiger partial charge in [0.2, 0.25) is 0 Å². The number of nitrogens with one attached hydrogen (secondary N) is 2. The van der Waals surface area contributed by atoms with Crippen LogP contribution in [0.5, 0.6) is 0 Å². The summed E-state index contributed by atoms with van der Waals surface area (Å²) in [5.41, 5.74) is 10.3. The van der Waals surface area contributed by atoms with Crippen LogP contribution in [0.25, 0.3) is 17.0 Å². The monoisotopic (exact) mass is 628 g/mol. The van der Waals surface area contributed by atoms with Crippen LogP contribution in [-0.2, 0) is 16.0 Å². The van der Waals surface area contributed by atoms with Crippen molar-refractivity contribution in [3.8, 4) is 11.3 Å². The minimum atomic E-state index is -0.0938. The molecule has 0 saturated carbocycles. The van der Waals surface area contributed by atoms with Crippen molar-refractivity contribution in [2.45, 2.75) is 31.7 Å². The van der Waals surface area contributed by atoms with Crippen molar-refractivity contribution in [3.05, 3.63) is 81.0 Å². The van der Waals surface area contributed by atoms with Gasteiger partial charge in [-0.2, -0.15) is 0 Å². The third-order valence-corrected chi connectivity index (χ3v) is 7.76. The van der Waals surface area contributed by atoms with Crippen LogP contribution in [0.2, 0.25) is 10.0 Å². The molecule has 0 amide bonds. The molecule has 10 nitrogen and oxygen atoms in total. The predicted molar refractivity (Wildman–Crippen MR) is 170 cm³/mol. The number of carbonyl (C=O) groups excluding carboxylic acids is 2. The van der Waals surface area contributed by atoms with E-state index in [9.17, 15) is 9.59 Å². The lowest BCUT2D eigenvalue weighted by Gasteiger charge is -2.22. The zero-order chi connectivity index (χ0) is 30.4. The van der Waals surface area contributed by atoms with Crippen LogP contribution in [0.3, 0.4) is 0 Å². The van der Waals surface area contributed by atoms with Crippen molar-refractivity contribution < 1.29 is 9.59 Å². The molecule has 1 aliphatic rings. The number of aromatic amines is 1. The van der Waals surface area contributed by atoms with Crippen LogP contribution in [0.1, 0.15) is 42.3 Å². The molecule has 1 saturated heterocycles. The summed E-state index contributed by atoms with van der Waals surface area (Å²) in [4.78, 5) is 37.6. The van der Waals surface area contributed by atoms with Gasteiger partial charge in [0.25, 0.3) is 0 Å². The lowest BCUT2D eigenvalue weighted by Crippen LogP contribution is -2.26. The average molecular weight is 630 g/mol. The number of nitrogens with two attached hydrogens (primary N) is 2. The zero-order valence-corrected chi connectivity index (χ0v) is 25.3. The third-order valence-electron chi connectivity index (χ3n) is 6.99. The third kappa shape index (κ3) is 6.79. The minimum absolute atomic E-state index is 0.0155. The Morgan fingerprint density at radius 1 is 1.29 bits per heavy atom. The maximum Gasteiger partial charge on any atom is 0.145 e. The highest BCUT2D eigenvalue weighted by molar-refractivity contribution is 6.34. The second kappa shape index (κ2) is 13.9. The number of hydrogen-bond acceptors (Lipinski definition) is 8. The summed E-state index contributed by atoms with van der Waals surface area (Å²) in [5, 5.41) is 5.38. The van der Waals surface area contributed by atoms with Gasteiger partial charge in [-0.3, -0.25) is 9.80 Å². The molecule has 1 aliphatic heterocycles. The molecule has 13 heteroatoms. The highest BCUT2D eigenvalue weighted by atomic mass is 35.5. The van der Waals surface area contributed by atoms with Crippen molar-refractivity contribution in [1.29, 1.82) is 0 Å². The van der Waals surface area contributed by atoms with Crippen molar-refractivity contribution in [3.63, 3.8) is 0 Å². The van der Waals surface area contributed by atoms with E-state index in [0.29, 0.717) is 52.5 Å². The number of likely N-dealkylation sites (tertiary alicyclic amines) is 1. The van der Waals surface area contributed by atoms with E-state index in [-0.39, 0.29) is 11.2 Å². The van der Waals surface area contributed by atoms with E-state index < -0.39 is 0 Å². The molecule has 0 aliphatic carbocycles. The normalized spacial score (nSPS) is 16.7. The van der Waals surface area contributed by atoms with Crippen LogP contribution < -0.4 is 21.9 Å². The van der Waals surface area contributed by atoms with Crippen molar-refractivity contribution in [1.82, 2.24) is 14.9 Å². The first-order chi connectivity index (χ1) is 20.2. The Morgan fingerprint density at radius 3 is 2.76 bits per heavy atom. The van der Waals surface area contributed by atoms with E-state index >= 15 is 0 Å². The number of amidine groups is 1. The van der Waals surface area contributed by atoms with Crippen molar-refractivity contribution >= 4 is 70.3 Å². The number of allylic oxidation sites excluding steroid dienone is 1. The number of carbonyl (C=O) groups is 2. The lowest BCUT2D eigenvalue weighted by molar-refractivity contribution is -0.107. The van der Waals surface area contributed by atoms with Crippen LogP contribution in [0.15, 0.2) is 59.0 Å². The average Bonchev–Trinajstić information content (AvgIpc) is 3.58. The van der Waals surface area contributed by atoms with Gasteiger partial charge in [0.05, 0.1) is 40.5 Å². The van der Waals surface area contributed by atoms with Gasteiger partial charge in [-0.25, -0.2) is 15.8 Å². The molecule has 4 rings (SSSR count). The fourth-order valence-electron chi connectivity index (χ4n) is 4.96. The number of hydrogen-bond donors (Lipinski definition) is 4. The van der Waals surface area contributed by atoms with E-state index in [1.54, 1.807) is 24.4 Å². The van der Waals surface area contributed by atoms with Gasteiger partial charge in [-0.15, -0.1) is 0 Å². The molecule has 1 fully saturated rings. The van der Waals surface area contributed by atoms with E-state index in [0.717, 1.165) is 46.9 Å². The molecule has 0 spiro atoms. The zero-order valence-electron chi connectivity index (χ0n) is 23.1. The number of anilines is 2. The van der Waals surface area contributed by atoms with Crippen LogP contribution >= 0.6 is 34.8 Å². The molecule has 1 unspecified atom stereocenters. The standard InChI is InChI=1S/C29H31Cl3N8O2/c1-35-21-7-6-19(28(32)18(21)4-3-12-41)23-15-36-29(38-23)25-9-10-27(39(25)2)37-22(11-13-42)20-14-17(30)5-8-24(20)40(34)16-26(31)33/h5-8,11-16,25,35H,3-4,9-10,33-34H2,1-2H3,(H,36,38)/b22-11-,26-16-,37-27-. The number of hydrazine groups is 1. The number of aliphatic imine (C=N–C) groups is 1. The Bertz CT molecular complexity index is 1560. The Kier molecular flexibility index (Phi) is 10.3. The summed E-state index contributed by atoms with van der Waals surface area (Å²) < 4.78 is 0. The fraction of sp³-hybridized carbons (Fsp3) is 0.241. The first kappa shape index (κ1) is 31.1. The number of H-pyrrole nitrogens is 1. The van der Waals surface area contributed by atoms with E-state index in [1.807, 2.05) is 31.1 Å². The maximum absolute atomic E-state index is 11.6. The number of halogens is 3. The molecule has 3 aromatic rings. The van der Waals surface area contributed by atoms with Gasteiger partial charge in [0, 0.05) is 54.8 Å². The van der Waals surface area contributed by atoms with Gasteiger partial charge in [0.1, 0.15) is 29.4 Å². The van der Waals surface area contributed by atoms with Crippen LogP contribution in [-0.4, -0.2) is 47.4 Å². The molecule has 2 heterocycles. The van der Waals surface area contributed by atoms with Gasteiger partial charge >= 0.3 is 0 Å². The number of aldehydes is 2. The lowest BCUT2D eigenvalue weighted by atomic mass is 10.0. The fourth-order valence-corrected chi connectivity index (χ4v) is 5.59. The Balaban J connectivity index is 1.64. The molecule has 42 heavy (non-hydrogen) atoms. The number of aromatic nitrogens is 2. The number of rotatable bonds is 11. The molecule has 2 aromatic carbocycles. The maximum atomic E-state index is 11.6. The summed E-state index contributed by atoms with van der Waals surface area (Å²) in [6, 6.07) is 8.81. The molecule has 0 bridgehead atoms. The SMILES string of the molecule is CNc1ccc(-c2cnc(C3CC/C(=N/C(=C\C=O)c4cc(Cl)ccc4N(N)/C=C(\N)Cl)N3C)[nH]2)c(Cl)c1CCC=O. The molecule has 6 N–H and O–H groups in total. The summed E-state index contributed by atoms with van der Waals surface area (Å²) in [5.74, 6) is 7.66. The second-order valence-electron chi connectivity index (χ2n) is 9.55. The van der Waals surface area contributed by atoms with E-state index in [1.165, 1.54) is 17.3 Å². The summed E-state index contributed by atoms with van der Waals surface area (Å²) in [6.45, 7) is 0. The molecule has 0 radical (unpaired) electrons. The number of benzene rings is 2. The van der Waals surface area contributed by atoms with Crippen molar-refractivity contribution in [2.24, 2.45) is 16.6 Å². The van der Waals surface area contributed by atoms with E-state index in [2.05, 4.69) is 15.3 Å². The molecule has 1 aromatic heterocycles. The summed E-state index contributed by atoms with van der Waals surface area (Å²) in [6.07, 6.45) is 8.28. The quantitative estimate of drug-likeness (QED) is 0.0701. The topological polar surface area (TPSA) is 146 Å². The molecular weight excluding hydrogens is 599 g/mol. The Hall–Kier alpha value is -3.83. The largest absolute Gasteiger partial charge is 0.388 e. The van der Waals surface area contributed by atoms with Gasteiger partial charge in [-0.05, 0) is 48.7 Å². The molecule has 1 atom stereocenters. The minimum Gasteiger partial charge on any atom is -0.388 e. The first-order valence-corrected chi connectivity index (χ1v) is 14.2.